The number of hydrogen-bond donors (Lipinski definition) is 1. The first kappa shape index (κ1) is 24.7. The van der Waals surface area contributed by atoms with Crippen molar-refractivity contribution >= 4 is 34.1 Å². The Morgan fingerprint density at radius 2 is 1.79 bits per heavy atom. The van der Waals surface area contributed by atoms with Crippen molar-refractivity contribution in [2.75, 3.05) is 5.32 Å². The highest BCUT2D eigenvalue weighted by Gasteiger charge is 2.20. The number of hydrogen-bond acceptors (Lipinski definition) is 7. The first-order valence-corrected chi connectivity index (χ1v) is 11.0. The molecule has 5 aromatic rings. The molecule has 0 radical (unpaired) electrons. The monoisotopic (exact) mass is 542 g/mol. The van der Waals surface area contributed by atoms with Gasteiger partial charge in [0.25, 0.3) is 0 Å². The summed E-state index contributed by atoms with van der Waals surface area (Å²) in [4.78, 5) is 38.4. The van der Waals surface area contributed by atoms with E-state index in [4.69, 9.17) is 18.2 Å². The van der Waals surface area contributed by atoms with E-state index in [1.165, 1.54) is 29.3 Å². The van der Waals surface area contributed by atoms with Crippen molar-refractivity contribution < 1.29 is 13.2 Å². The second-order valence-corrected chi connectivity index (χ2v) is 8.44. The number of nitrogens with one attached hydrogen (secondary N) is 1. The highest BCUT2D eigenvalue weighted by molar-refractivity contribution is 6.34. The van der Waals surface area contributed by atoms with Crippen molar-refractivity contribution in [1.82, 2.24) is 38.8 Å². The molecular weight excluding hydrogens is 529 g/mol. The molecule has 192 valence electrons. The van der Waals surface area contributed by atoms with E-state index in [1.807, 2.05) is 0 Å². The molecule has 0 atom stereocenters. The van der Waals surface area contributed by atoms with Crippen LogP contribution in [0.3, 0.4) is 0 Å². The average Bonchev–Trinajstić information content (AvgIpc) is 3.47. The summed E-state index contributed by atoms with van der Waals surface area (Å²) in [5.41, 5.74) is -1.73. The fourth-order valence-corrected chi connectivity index (χ4v) is 3.86. The summed E-state index contributed by atoms with van der Waals surface area (Å²) in [7, 11) is 1.59. The SMILES string of the molecule is [C-]#[N+]n1cc2cc(Nc3nc(=O)n(Cc4ncn(C)n4)c(=O)n3Cc3cc(F)c(F)cc3F)c(Cl)cc2n1. The zero-order chi connectivity index (χ0) is 27.1. The predicted molar refractivity (Wildman–Crippen MR) is 128 cm³/mol. The highest BCUT2D eigenvalue weighted by atomic mass is 35.5. The Kier molecular flexibility index (Phi) is 6.17. The van der Waals surface area contributed by atoms with Gasteiger partial charge in [0.1, 0.15) is 18.3 Å². The molecule has 0 amide bonds. The minimum absolute atomic E-state index is 0.106. The Morgan fingerprint density at radius 3 is 2.50 bits per heavy atom. The molecule has 5 rings (SSSR count). The Morgan fingerprint density at radius 1 is 1.03 bits per heavy atom. The van der Waals surface area contributed by atoms with Gasteiger partial charge in [0.15, 0.2) is 17.5 Å². The van der Waals surface area contributed by atoms with Gasteiger partial charge in [0.2, 0.25) is 11.5 Å². The lowest BCUT2D eigenvalue weighted by molar-refractivity contribution is 0.485. The number of aryl methyl sites for hydroxylation is 1. The number of nitrogens with zero attached hydrogens (tertiary/aromatic N) is 9. The van der Waals surface area contributed by atoms with Crippen molar-refractivity contribution in [2.24, 2.45) is 7.05 Å². The predicted octanol–water partition coefficient (Wildman–Crippen LogP) is 2.48. The maximum atomic E-state index is 14.5. The van der Waals surface area contributed by atoms with E-state index in [-0.39, 0.29) is 34.6 Å². The molecule has 0 unspecified atom stereocenters. The third kappa shape index (κ3) is 4.60. The molecule has 0 aliphatic rings. The molecule has 0 spiro atoms. The zero-order valence-electron chi connectivity index (χ0n) is 19.2. The average molecular weight is 543 g/mol. The number of rotatable bonds is 6. The van der Waals surface area contributed by atoms with E-state index in [1.54, 1.807) is 7.05 Å². The molecule has 16 heteroatoms. The molecule has 3 heterocycles. The van der Waals surface area contributed by atoms with Crippen LogP contribution in [0.2, 0.25) is 5.02 Å². The number of aromatic nitrogens is 8. The van der Waals surface area contributed by atoms with Gasteiger partial charge in [-0.1, -0.05) is 11.6 Å². The van der Waals surface area contributed by atoms with Crippen LogP contribution in [-0.2, 0) is 20.1 Å². The van der Waals surface area contributed by atoms with Crippen molar-refractivity contribution in [3.05, 3.63) is 103 Å². The fourth-order valence-electron chi connectivity index (χ4n) is 3.66. The molecule has 12 nitrogen and oxygen atoms in total. The number of fused-ring (bicyclic) bond motifs is 1. The molecule has 2 aromatic carbocycles. The first-order valence-electron chi connectivity index (χ1n) is 10.7. The molecule has 0 aliphatic heterocycles. The highest BCUT2D eigenvalue weighted by Crippen LogP contribution is 2.29. The Hall–Kier alpha value is -4.97. The van der Waals surface area contributed by atoms with Crippen LogP contribution in [0.1, 0.15) is 11.4 Å². The van der Waals surface area contributed by atoms with E-state index in [0.29, 0.717) is 27.6 Å². The minimum atomic E-state index is -1.40. The summed E-state index contributed by atoms with van der Waals surface area (Å²) in [6.45, 7) is 6.12. The molecule has 0 aliphatic carbocycles. The third-order valence-electron chi connectivity index (χ3n) is 5.44. The summed E-state index contributed by atoms with van der Waals surface area (Å²) in [5.74, 6) is -4.07. The molecule has 0 bridgehead atoms. The number of anilines is 2. The standard InChI is InChI=1S/C22H14ClF3N10O2/c1-27-36-8-12-4-18(13(23)5-17(12)31-36)29-20-30-21(37)35(9-19-28-10-33(2)32-19)22(38)34(20)7-11-3-15(25)16(26)6-14(11)24/h3-6,8,10H,7,9H2,2H3,(H,29,30,37). The molecular formula is C22H14ClF3N10O2. The van der Waals surface area contributed by atoms with E-state index in [9.17, 15) is 22.8 Å². The second kappa shape index (κ2) is 9.48. The minimum Gasteiger partial charge on any atom is -0.349 e. The van der Waals surface area contributed by atoms with Crippen LogP contribution in [0.4, 0.5) is 24.8 Å². The van der Waals surface area contributed by atoms with E-state index in [2.05, 4.69) is 30.4 Å². The van der Waals surface area contributed by atoms with Crippen LogP contribution >= 0.6 is 11.6 Å². The van der Waals surface area contributed by atoms with Gasteiger partial charge >= 0.3 is 11.4 Å². The van der Waals surface area contributed by atoms with Crippen LogP contribution in [0, 0.1) is 24.0 Å². The molecule has 0 saturated carbocycles. The first-order chi connectivity index (χ1) is 18.1. The topological polar surface area (TPSA) is 122 Å². The van der Waals surface area contributed by atoms with Crippen molar-refractivity contribution in [1.29, 1.82) is 0 Å². The van der Waals surface area contributed by atoms with Gasteiger partial charge in [0.05, 0.1) is 34.3 Å². The second-order valence-electron chi connectivity index (χ2n) is 8.03. The smallest absolute Gasteiger partial charge is 0.349 e. The van der Waals surface area contributed by atoms with Gasteiger partial charge < -0.3 is 16.8 Å². The van der Waals surface area contributed by atoms with Crippen molar-refractivity contribution in [2.45, 2.75) is 13.1 Å². The maximum Gasteiger partial charge on any atom is 0.355 e. The van der Waals surface area contributed by atoms with Gasteiger partial charge in [-0.3, -0.25) is 9.25 Å². The lowest BCUT2D eigenvalue weighted by atomic mass is 10.2. The Bertz CT molecular complexity index is 1890. The number of benzene rings is 2. The number of halogens is 4. The van der Waals surface area contributed by atoms with Gasteiger partial charge in [-0.2, -0.15) is 10.1 Å². The van der Waals surface area contributed by atoms with Crippen LogP contribution in [0.15, 0.2) is 46.4 Å². The third-order valence-corrected chi connectivity index (χ3v) is 5.76. The zero-order valence-corrected chi connectivity index (χ0v) is 20.0. The molecule has 1 N–H and O–H groups in total. The largest absolute Gasteiger partial charge is 0.355 e. The molecule has 0 fully saturated rings. The lowest BCUT2D eigenvalue weighted by Gasteiger charge is -2.16. The Labute approximate surface area is 215 Å². The van der Waals surface area contributed by atoms with Crippen LogP contribution in [0.5, 0.6) is 0 Å². The van der Waals surface area contributed by atoms with E-state index in [0.717, 1.165) is 9.36 Å². The quantitative estimate of drug-likeness (QED) is 0.258. The summed E-state index contributed by atoms with van der Waals surface area (Å²) >= 11 is 6.34. The van der Waals surface area contributed by atoms with E-state index >= 15 is 0 Å². The van der Waals surface area contributed by atoms with E-state index < -0.39 is 35.4 Å². The van der Waals surface area contributed by atoms with Crippen LogP contribution in [0.25, 0.3) is 15.9 Å². The van der Waals surface area contributed by atoms with Crippen molar-refractivity contribution in [3.63, 3.8) is 0 Å². The summed E-state index contributed by atoms with van der Waals surface area (Å²) < 4.78 is 44.8. The molecule has 0 saturated heterocycles. The van der Waals surface area contributed by atoms with Gasteiger partial charge in [-0.05, 0) is 12.1 Å². The lowest BCUT2D eigenvalue weighted by Crippen LogP contribution is -2.43. The summed E-state index contributed by atoms with van der Waals surface area (Å²) in [5, 5.41) is 11.4. The summed E-state index contributed by atoms with van der Waals surface area (Å²) in [6.07, 6.45) is 2.80. The van der Waals surface area contributed by atoms with Gasteiger partial charge in [-0.15, -0.1) is 0 Å². The van der Waals surface area contributed by atoms with Crippen LogP contribution in [-0.4, -0.2) is 38.8 Å². The maximum absolute atomic E-state index is 14.5. The normalized spacial score (nSPS) is 11.2. The summed E-state index contributed by atoms with van der Waals surface area (Å²) in [6, 6.07) is 3.91. The van der Waals surface area contributed by atoms with Crippen LogP contribution < -0.4 is 16.7 Å². The van der Waals surface area contributed by atoms with Crippen molar-refractivity contribution in [3.8, 4) is 0 Å². The molecule has 3 aromatic heterocycles. The fraction of sp³-hybridized carbons (Fsp3) is 0.136. The Balaban J connectivity index is 1.64. The van der Waals surface area contributed by atoms with Gasteiger partial charge in [-0.25, -0.2) is 32.3 Å². The molecule has 38 heavy (non-hydrogen) atoms. The van der Waals surface area contributed by atoms with Gasteiger partial charge in [0, 0.05) is 29.5 Å².